The molecule has 1 heterocycles. The number of aryl methyl sites for hydroxylation is 1. The molecule has 5 nitrogen and oxygen atoms in total. The first-order valence-corrected chi connectivity index (χ1v) is 6.05. The maximum atomic E-state index is 8.65. The van der Waals surface area contributed by atoms with E-state index in [-0.39, 0.29) is 23.4 Å². The summed E-state index contributed by atoms with van der Waals surface area (Å²) in [5, 5.41) is 11.7. The summed E-state index contributed by atoms with van der Waals surface area (Å²) in [6, 6.07) is 0. The van der Waals surface area contributed by atoms with Crippen molar-refractivity contribution in [2.24, 2.45) is 17.6 Å². The number of ether oxygens (including phenoxy) is 1. The number of hydrogen-bond donors (Lipinski definition) is 1. The molecule has 0 bridgehead atoms. The number of halogens is 1. The zero-order valence-corrected chi connectivity index (χ0v) is 13.3. The first-order valence-electron chi connectivity index (χ1n) is 6.05. The van der Waals surface area contributed by atoms with Crippen molar-refractivity contribution in [3.05, 3.63) is 18.2 Å². The Labute approximate surface area is 121 Å². The lowest BCUT2D eigenvalue weighted by atomic mass is 9.79. The first kappa shape index (κ1) is 17.9. The number of nitrogens with zero attached hydrogens (tertiary/aromatic N) is 3. The predicted octanol–water partition coefficient (Wildman–Crippen LogP) is -1.08. The molecular weight excluding hydrogens is 266 g/mol. The Kier molecular flexibility index (Phi) is 6.03. The van der Waals surface area contributed by atoms with Crippen LogP contribution in [0, 0.1) is 5.41 Å². The van der Waals surface area contributed by atoms with E-state index < -0.39 is 0 Å². The smallest absolute Gasteiger partial charge is 0.305 e. The zero-order valence-electron chi connectivity index (χ0n) is 12.5. The van der Waals surface area contributed by atoms with E-state index in [0.717, 1.165) is 5.82 Å². The molecule has 110 valence electrons. The van der Waals surface area contributed by atoms with E-state index in [0.29, 0.717) is 6.73 Å². The van der Waals surface area contributed by atoms with Gasteiger partial charge in [0.1, 0.15) is 12.4 Å². The summed E-state index contributed by atoms with van der Waals surface area (Å²) in [7, 11) is 1.89. The summed E-state index contributed by atoms with van der Waals surface area (Å²) in [5.41, 5.74) is -0.197. The maximum Gasteiger partial charge on any atom is 0.305 e. The Morgan fingerprint density at radius 1 is 1.37 bits per heavy atom. The van der Waals surface area contributed by atoms with Crippen molar-refractivity contribution in [3.8, 4) is 0 Å². The third kappa shape index (κ3) is 4.21. The molecule has 0 radical (unpaired) electrons. The van der Waals surface area contributed by atoms with Gasteiger partial charge >= 0.3 is 5.82 Å². The average Bonchev–Trinajstić information content (AvgIpc) is 2.57. The summed E-state index contributed by atoms with van der Waals surface area (Å²) in [6.07, 6.45) is 5.19. The van der Waals surface area contributed by atoms with Crippen LogP contribution in [0.2, 0.25) is 0 Å². The average molecular weight is 290 g/mol. The highest BCUT2D eigenvalue weighted by Crippen LogP contribution is 2.33. The molecule has 0 aliphatic rings. The molecule has 0 aromatic carbocycles. The van der Waals surface area contributed by atoms with Crippen molar-refractivity contribution >= 4 is 6.21 Å². The molecule has 0 atom stereocenters. The van der Waals surface area contributed by atoms with E-state index in [1.54, 1.807) is 0 Å². The Hall–Kier alpha value is -1.07. The number of hydrogen-bond acceptors (Lipinski definition) is 3. The minimum absolute atomic E-state index is 0. The summed E-state index contributed by atoms with van der Waals surface area (Å²) >= 11 is 0. The van der Waals surface area contributed by atoms with Crippen molar-refractivity contribution in [1.29, 1.82) is 0 Å². The fourth-order valence-corrected chi connectivity index (χ4v) is 1.31. The molecule has 1 aromatic heterocycles. The van der Waals surface area contributed by atoms with E-state index in [1.165, 1.54) is 6.21 Å². The van der Waals surface area contributed by atoms with Gasteiger partial charge in [-0.2, -0.15) is 0 Å². The van der Waals surface area contributed by atoms with Gasteiger partial charge in [-0.15, -0.1) is 0 Å². The quantitative estimate of drug-likeness (QED) is 0.332. The van der Waals surface area contributed by atoms with Gasteiger partial charge in [-0.1, -0.05) is 25.9 Å². The molecule has 1 aromatic rings. The SMILES string of the molecule is C[n+]1ccn(COC(C)(C)C(C)(C)C)c1/C=N/O.[Cl-]. The molecule has 0 spiro atoms. The van der Waals surface area contributed by atoms with Gasteiger partial charge in [0.15, 0.2) is 12.9 Å². The molecule has 19 heavy (non-hydrogen) atoms. The third-order valence-electron chi connectivity index (χ3n) is 3.67. The van der Waals surface area contributed by atoms with Crippen LogP contribution < -0.4 is 17.0 Å². The Balaban J connectivity index is 0.00000324. The van der Waals surface area contributed by atoms with Gasteiger partial charge in [0.2, 0.25) is 0 Å². The van der Waals surface area contributed by atoms with E-state index in [1.807, 2.05) is 28.6 Å². The van der Waals surface area contributed by atoms with Crippen LogP contribution >= 0.6 is 0 Å². The first-order chi connectivity index (χ1) is 8.19. The Morgan fingerprint density at radius 2 is 1.95 bits per heavy atom. The zero-order chi connectivity index (χ0) is 14.0. The molecule has 0 saturated carbocycles. The lowest BCUT2D eigenvalue weighted by molar-refractivity contribution is -0.672. The topological polar surface area (TPSA) is 50.6 Å². The van der Waals surface area contributed by atoms with Crippen molar-refractivity contribution in [3.63, 3.8) is 0 Å². The molecule has 6 heteroatoms. The van der Waals surface area contributed by atoms with Gasteiger partial charge in [-0.25, -0.2) is 9.13 Å². The molecule has 1 N–H and O–H groups in total. The molecule has 0 aliphatic carbocycles. The van der Waals surface area contributed by atoms with Gasteiger partial charge in [-0.3, -0.25) is 0 Å². The van der Waals surface area contributed by atoms with Gasteiger partial charge in [0.25, 0.3) is 0 Å². The monoisotopic (exact) mass is 289 g/mol. The second-order valence-electron chi connectivity index (χ2n) is 6.02. The molecule has 1 rings (SSSR count). The number of rotatable bonds is 4. The van der Waals surface area contributed by atoms with Crippen LogP contribution in [-0.2, 0) is 18.5 Å². The van der Waals surface area contributed by atoms with Crippen LogP contribution in [0.1, 0.15) is 40.4 Å². The van der Waals surface area contributed by atoms with Crippen LogP contribution in [0.4, 0.5) is 0 Å². The van der Waals surface area contributed by atoms with Gasteiger partial charge in [0.05, 0.1) is 12.6 Å². The van der Waals surface area contributed by atoms with Crippen LogP contribution in [0.5, 0.6) is 0 Å². The van der Waals surface area contributed by atoms with Crippen molar-refractivity contribution in [2.75, 3.05) is 0 Å². The number of aromatic nitrogens is 2. The van der Waals surface area contributed by atoms with Crippen molar-refractivity contribution in [1.82, 2.24) is 4.57 Å². The Morgan fingerprint density at radius 3 is 2.42 bits per heavy atom. The maximum absolute atomic E-state index is 8.65. The minimum atomic E-state index is -0.247. The molecular formula is C13H24ClN3O2. The highest BCUT2D eigenvalue weighted by atomic mass is 35.5. The van der Waals surface area contributed by atoms with E-state index in [4.69, 9.17) is 9.94 Å². The predicted molar refractivity (Wildman–Crippen MR) is 69.6 cm³/mol. The van der Waals surface area contributed by atoms with Crippen molar-refractivity contribution < 1.29 is 26.9 Å². The van der Waals surface area contributed by atoms with Crippen LogP contribution in [-0.4, -0.2) is 21.6 Å². The second-order valence-corrected chi connectivity index (χ2v) is 6.02. The summed E-state index contributed by atoms with van der Waals surface area (Å²) in [5.74, 6) is 0.780. The fraction of sp³-hybridized carbons (Fsp3) is 0.692. The Bertz CT molecular complexity index is 434. The summed E-state index contributed by atoms with van der Waals surface area (Å²) < 4.78 is 9.75. The van der Waals surface area contributed by atoms with Crippen LogP contribution in [0.15, 0.2) is 17.5 Å². The van der Waals surface area contributed by atoms with Crippen LogP contribution in [0.25, 0.3) is 0 Å². The van der Waals surface area contributed by atoms with E-state index in [9.17, 15) is 0 Å². The standard InChI is InChI=1S/C13H23N3O2.ClH/c1-12(2,3)13(4,5)18-10-16-8-7-15(6)11(16)9-14-17;/h7-9H,10H2,1-6H3;1H. The van der Waals surface area contributed by atoms with E-state index >= 15 is 0 Å². The highest BCUT2D eigenvalue weighted by Gasteiger charge is 2.34. The lowest BCUT2D eigenvalue weighted by Crippen LogP contribution is -3.00. The van der Waals surface area contributed by atoms with Crippen molar-refractivity contribution in [2.45, 2.75) is 47.0 Å². The minimum Gasteiger partial charge on any atom is -1.00 e. The summed E-state index contributed by atoms with van der Waals surface area (Å²) in [4.78, 5) is 0. The molecule has 0 aliphatic heterocycles. The second kappa shape index (κ2) is 6.39. The number of oxime groups is 1. The molecule has 0 unspecified atom stereocenters. The lowest BCUT2D eigenvalue weighted by Gasteiger charge is -2.37. The normalized spacial score (nSPS) is 12.7. The van der Waals surface area contributed by atoms with E-state index in [2.05, 4.69) is 39.8 Å². The summed E-state index contributed by atoms with van der Waals surface area (Å²) in [6.45, 7) is 11.0. The molecule has 0 saturated heterocycles. The van der Waals surface area contributed by atoms with Gasteiger partial charge in [0, 0.05) is 0 Å². The molecule has 0 amide bonds. The van der Waals surface area contributed by atoms with Gasteiger partial charge in [-0.05, 0) is 19.3 Å². The molecule has 0 fully saturated rings. The third-order valence-corrected chi connectivity index (χ3v) is 3.67. The number of imidazole rings is 1. The highest BCUT2D eigenvalue weighted by molar-refractivity contribution is 5.72. The fourth-order valence-electron chi connectivity index (χ4n) is 1.31. The van der Waals surface area contributed by atoms with Crippen LogP contribution in [0.3, 0.4) is 0 Å². The van der Waals surface area contributed by atoms with Gasteiger partial charge < -0.3 is 22.4 Å². The largest absolute Gasteiger partial charge is 1.00 e.